The number of nitrogens with zero attached hydrogens (tertiary/aromatic N) is 3. The number of hydrogen-bond acceptors (Lipinski definition) is 2. The van der Waals surface area contributed by atoms with Crippen LogP contribution in [-0.4, -0.2) is 20.5 Å². The lowest BCUT2D eigenvalue weighted by Gasteiger charge is -2.08. The molecule has 0 aliphatic carbocycles. The second kappa shape index (κ2) is 2.88. The van der Waals surface area contributed by atoms with Gasteiger partial charge in [0.05, 0.1) is 0 Å². The summed E-state index contributed by atoms with van der Waals surface area (Å²) in [6, 6.07) is 0. The maximum absolute atomic E-state index is 5.62. The average molecular weight is 178 g/mol. The molecule has 2 aromatic heterocycles. The van der Waals surface area contributed by atoms with Crippen molar-refractivity contribution in [2.75, 3.05) is 6.54 Å². The van der Waals surface area contributed by atoms with Crippen LogP contribution in [0.15, 0.2) is 18.6 Å². The summed E-state index contributed by atoms with van der Waals surface area (Å²) in [7, 11) is 2.02. The number of aromatic nitrogens is 3. The summed E-state index contributed by atoms with van der Waals surface area (Å²) in [5.41, 5.74) is 6.85. The van der Waals surface area contributed by atoms with E-state index in [9.17, 15) is 0 Å². The van der Waals surface area contributed by atoms with Crippen molar-refractivity contribution < 1.29 is 0 Å². The first-order chi connectivity index (χ1) is 6.24. The van der Waals surface area contributed by atoms with Crippen molar-refractivity contribution in [2.24, 2.45) is 12.8 Å². The van der Waals surface area contributed by atoms with Crippen molar-refractivity contribution in [1.82, 2.24) is 14.0 Å². The third-order valence-electron chi connectivity index (χ3n) is 2.47. The number of rotatable bonds is 2. The molecule has 0 saturated carbocycles. The summed E-state index contributed by atoms with van der Waals surface area (Å²) in [6.45, 7) is 2.79. The highest BCUT2D eigenvalue weighted by atomic mass is 15.2. The topological polar surface area (TPSA) is 48.2 Å². The minimum Gasteiger partial charge on any atom is -0.330 e. The fraction of sp³-hybridized carbons (Fsp3) is 0.444. The van der Waals surface area contributed by atoms with E-state index in [1.165, 1.54) is 5.69 Å². The van der Waals surface area contributed by atoms with Gasteiger partial charge in [-0.2, -0.15) is 0 Å². The molecule has 0 radical (unpaired) electrons. The van der Waals surface area contributed by atoms with Crippen LogP contribution in [0.3, 0.4) is 0 Å². The third-order valence-corrected chi connectivity index (χ3v) is 2.47. The number of fused-ring (bicyclic) bond motifs is 1. The predicted molar refractivity (Wildman–Crippen MR) is 51.6 cm³/mol. The molecule has 70 valence electrons. The molecule has 0 amide bonds. The van der Waals surface area contributed by atoms with E-state index in [4.69, 9.17) is 5.73 Å². The maximum atomic E-state index is 5.62. The molecule has 2 N–H and O–H groups in total. The van der Waals surface area contributed by atoms with Crippen LogP contribution < -0.4 is 5.73 Å². The Morgan fingerprint density at radius 2 is 2.38 bits per heavy atom. The van der Waals surface area contributed by atoms with Crippen LogP contribution in [0.1, 0.15) is 18.5 Å². The van der Waals surface area contributed by atoms with Gasteiger partial charge >= 0.3 is 0 Å². The first-order valence-electron chi connectivity index (χ1n) is 4.42. The number of nitrogens with two attached hydrogens (primary N) is 1. The van der Waals surface area contributed by atoms with E-state index < -0.39 is 0 Å². The highest BCUT2D eigenvalue weighted by molar-refractivity contribution is 5.34. The lowest BCUT2D eigenvalue weighted by molar-refractivity contribution is 0.700. The van der Waals surface area contributed by atoms with Gasteiger partial charge < -0.3 is 10.3 Å². The number of imidazole rings is 2. The maximum Gasteiger partial charge on any atom is 0.213 e. The van der Waals surface area contributed by atoms with Crippen LogP contribution in [0.2, 0.25) is 0 Å². The highest BCUT2D eigenvalue weighted by Gasteiger charge is 2.11. The van der Waals surface area contributed by atoms with Crippen molar-refractivity contribution in [3.05, 3.63) is 24.3 Å². The molecule has 2 aromatic rings. The first-order valence-corrected chi connectivity index (χ1v) is 4.42. The zero-order chi connectivity index (χ0) is 9.42. The monoisotopic (exact) mass is 178 g/mol. The van der Waals surface area contributed by atoms with Crippen LogP contribution in [0.25, 0.3) is 5.78 Å². The van der Waals surface area contributed by atoms with Crippen LogP contribution in [0.5, 0.6) is 0 Å². The Balaban J connectivity index is 2.57. The van der Waals surface area contributed by atoms with Gasteiger partial charge in [-0.3, -0.25) is 4.40 Å². The van der Waals surface area contributed by atoms with E-state index in [1.807, 2.05) is 17.6 Å². The molecule has 13 heavy (non-hydrogen) atoms. The van der Waals surface area contributed by atoms with Crippen LogP contribution in [0.4, 0.5) is 0 Å². The Hall–Kier alpha value is -1.29. The Kier molecular flexibility index (Phi) is 1.84. The average Bonchev–Trinajstić information content (AvgIpc) is 2.68. The molecule has 1 unspecified atom stereocenters. The standard InChI is InChI=1S/C9H14N4/c1-7(5-10)8-6-13-4-3-11-9(13)12(8)2/h3-4,6-7H,5,10H2,1-2H3. The zero-order valence-electron chi connectivity index (χ0n) is 7.94. The Morgan fingerprint density at radius 1 is 1.62 bits per heavy atom. The van der Waals surface area contributed by atoms with E-state index in [1.54, 1.807) is 6.20 Å². The SMILES string of the molecule is CC(CN)c1cn2ccnc2n1C. The third kappa shape index (κ3) is 1.14. The molecule has 2 rings (SSSR count). The Labute approximate surface area is 77.0 Å². The van der Waals surface area contributed by atoms with Gasteiger partial charge in [0, 0.05) is 43.8 Å². The largest absolute Gasteiger partial charge is 0.330 e. The molecule has 4 nitrogen and oxygen atoms in total. The van der Waals surface area contributed by atoms with Crippen molar-refractivity contribution in [3.8, 4) is 0 Å². The van der Waals surface area contributed by atoms with E-state index >= 15 is 0 Å². The van der Waals surface area contributed by atoms with Gasteiger partial charge in [0.1, 0.15) is 0 Å². The van der Waals surface area contributed by atoms with E-state index in [0.717, 1.165) is 5.78 Å². The van der Waals surface area contributed by atoms with Crippen molar-refractivity contribution >= 4 is 5.78 Å². The fourth-order valence-corrected chi connectivity index (χ4v) is 1.59. The summed E-state index contributed by atoms with van der Waals surface area (Å²) in [5.74, 6) is 1.35. The summed E-state index contributed by atoms with van der Waals surface area (Å²) >= 11 is 0. The zero-order valence-corrected chi connectivity index (χ0v) is 7.94. The fourth-order valence-electron chi connectivity index (χ4n) is 1.59. The van der Waals surface area contributed by atoms with Gasteiger partial charge in [-0.05, 0) is 0 Å². The molecular formula is C9H14N4. The summed E-state index contributed by atoms with van der Waals surface area (Å²) in [6.07, 6.45) is 5.83. The van der Waals surface area contributed by atoms with Gasteiger partial charge in [-0.1, -0.05) is 6.92 Å². The van der Waals surface area contributed by atoms with Crippen molar-refractivity contribution in [2.45, 2.75) is 12.8 Å². The van der Waals surface area contributed by atoms with Gasteiger partial charge in [0.15, 0.2) is 0 Å². The number of aryl methyl sites for hydroxylation is 1. The highest BCUT2D eigenvalue weighted by Crippen LogP contribution is 2.16. The second-order valence-electron chi connectivity index (χ2n) is 3.38. The minimum absolute atomic E-state index is 0.381. The second-order valence-corrected chi connectivity index (χ2v) is 3.38. The van der Waals surface area contributed by atoms with Crippen LogP contribution >= 0.6 is 0 Å². The van der Waals surface area contributed by atoms with Gasteiger partial charge in [-0.25, -0.2) is 4.98 Å². The smallest absolute Gasteiger partial charge is 0.213 e. The summed E-state index contributed by atoms with van der Waals surface area (Å²) in [5, 5.41) is 0. The molecule has 0 aromatic carbocycles. The molecule has 0 fully saturated rings. The molecule has 0 aliphatic heterocycles. The summed E-state index contributed by atoms with van der Waals surface area (Å²) in [4.78, 5) is 4.24. The normalized spacial score (nSPS) is 13.8. The van der Waals surface area contributed by atoms with Crippen molar-refractivity contribution in [1.29, 1.82) is 0 Å². The van der Waals surface area contributed by atoms with Gasteiger partial charge in [0.25, 0.3) is 0 Å². The Morgan fingerprint density at radius 3 is 3.00 bits per heavy atom. The van der Waals surface area contributed by atoms with Gasteiger partial charge in [0.2, 0.25) is 5.78 Å². The molecule has 0 spiro atoms. The van der Waals surface area contributed by atoms with Crippen molar-refractivity contribution in [3.63, 3.8) is 0 Å². The molecule has 2 heterocycles. The van der Waals surface area contributed by atoms with Crippen LogP contribution in [0, 0.1) is 0 Å². The van der Waals surface area contributed by atoms with Gasteiger partial charge in [-0.15, -0.1) is 0 Å². The van der Waals surface area contributed by atoms with E-state index in [2.05, 4.69) is 22.7 Å². The lowest BCUT2D eigenvalue weighted by atomic mass is 10.1. The molecule has 4 heteroatoms. The number of hydrogen-bond donors (Lipinski definition) is 1. The Bertz CT molecular complexity index is 412. The molecule has 0 saturated heterocycles. The van der Waals surface area contributed by atoms with Crippen LogP contribution in [-0.2, 0) is 7.05 Å². The molecular weight excluding hydrogens is 164 g/mol. The quantitative estimate of drug-likeness (QED) is 0.737. The molecule has 0 aliphatic rings. The molecule has 1 atom stereocenters. The predicted octanol–water partition coefficient (Wildman–Crippen LogP) is 0.735. The summed E-state index contributed by atoms with van der Waals surface area (Å²) < 4.78 is 4.10. The lowest BCUT2D eigenvalue weighted by Crippen LogP contribution is -2.12. The molecule has 0 bridgehead atoms. The minimum atomic E-state index is 0.381. The van der Waals surface area contributed by atoms with E-state index in [-0.39, 0.29) is 0 Å². The first kappa shape index (κ1) is 8.31. The van der Waals surface area contributed by atoms with E-state index in [0.29, 0.717) is 12.5 Å².